The van der Waals surface area contributed by atoms with Gasteiger partial charge in [-0.05, 0) is 43.0 Å². The molecule has 7 nitrogen and oxygen atoms in total. The zero-order valence-electron chi connectivity index (χ0n) is 23.6. The zero-order chi connectivity index (χ0) is 30.4. The smallest absolute Gasteiger partial charge is 0.244 e. The van der Waals surface area contributed by atoms with Crippen LogP contribution in [0.25, 0.3) is 10.8 Å². The van der Waals surface area contributed by atoms with E-state index in [1.165, 1.54) is 4.90 Å². The lowest BCUT2D eigenvalue weighted by molar-refractivity contribution is -0.140. The molecule has 42 heavy (non-hydrogen) atoms. The van der Waals surface area contributed by atoms with Crippen molar-refractivity contribution in [1.29, 1.82) is 0 Å². The minimum absolute atomic E-state index is 0.104. The highest BCUT2D eigenvalue weighted by Gasteiger charge is 2.34. The number of halogens is 2. The average Bonchev–Trinajstić information content (AvgIpc) is 2.94. The van der Waals surface area contributed by atoms with Gasteiger partial charge in [-0.2, -0.15) is 0 Å². The van der Waals surface area contributed by atoms with Gasteiger partial charge < -0.3 is 10.2 Å². The van der Waals surface area contributed by atoms with Crippen LogP contribution in [0.4, 0.5) is 5.69 Å². The topological polar surface area (TPSA) is 86.8 Å². The van der Waals surface area contributed by atoms with Crippen LogP contribution < -0.4 is 9.62 Å². The predicted molar refractivity (Wildman–Crippen MR) is 170 cm³/mol. The fraction of sp³-hybridized carbons (Fsp3) is 0.250. The second-order valence-electron chi connectivity index (χ2n) is 10.4. The van der Waals surface area contributed by atoms with Crippen LogP contribution in [0.1, 0.15) is 25.0 Å². The summed E-state index contributed by atoms with van der Waals surface area (Å²) in [4.78, 5) is 29.4. The second kappa shape index (κ2) is 13.6. The van der Waals surface area contributed by atoms with Gasteiger partial charge >= 0.3 is 0 Å². The molecule has 1 N–H and O–H groups in total. The Balaban J connectivity index is 1.82. The fourth-order valence-corrected chi connectivity index (χ4v) is 6.19. The molecule has 4 aromatic carbocycles. The van der Waals surface area contributed by atoms with Gasteiger partial charge in [-0.3, -0.25) is 13.9 Å². The molecule has 0 fully saturated rings. The van der Waals surface area contributed by atoms with Crippen molar-refractivity contribution < 1.29 is 18.0 Å². The Morgan fingerprint density at radius 1 is 0.833 bits per heavy atom. The molecule has 0 saturated heterocycles. The Labute approximate surface area is 257 Å². The molecule has 2 amide bonds. The van der Waals surface area contributed by atoms with Gasteiger partial charge in [0.05, 0.1) is 11.9 Å². The Morgan fingerprint density at radius 3 is 2.07 bits per heavy atom. The summed E-state index contributed by atoms with van der Waals surface area (Å²) in [6.45, 7) is 3.03. The van der Waals surface area contributed by atoms with Crippen LogP contribution in [0.3, 0.4) is 0 Å². The van der Waals surface area contributed by atoms with Crippen LogP contribution in [0.2, 0.25) is 10.0 Å². The largest absolute Gasteiger partial charge is 0.352 e. The summed E-state index contributed by atoms with van der Waals surface area (Å²) in [6.07, 6.45) is 1.25. The Hall–Kier alpha value is -3.59. The summed E-state index contributed by atoms with van der Waals surface area (Å²) in [5.41, 5.74) is 1.66. The van der Waals surface area contributed by atoms with E-state index in [2.05, 4.69) is 5.32 Å². The molecule has 220 valence electrons. The SMILES string of the molecule is CC(C)NC(=O)[C@@H](Cc1ccccc1)N(Cc1c(Cl)cccc1Cl)C(=O)CN(c1cccc2ccccc12)S(C)(=O)=O. The minimum Gasteiger partial charge on any atom is -0.352 e. The lowest BCUT2D eigenvalue weighted by Crippen LogP contribution is -2.54. The number of sulfonamides is 1. The van der Waals surface area contributed by atoms with Crippen LogP contribution in [0, 0.1) is 0 Å². The molecule has 1 atom stereocenters. The monoisotopic (exact) mass is 625 g/mol. The molecule has 0 spiro atoms. The van der Waals surface area contributed by atoms with E-state index < -0.39 is 28.5 Å². The number of nitrogens with one attached hydrogen (secondary N) is 1. The van der Waals surface area contributed by atoms with E-state index in [0.29, 0.717) is 26.7 Å². The molecule has 0 unspecified atom stereocenters. The highest BCUT2D eigenvalue weighted by Crippen LogP contribution is 2.30. The number of fused-ring (bicyclic) bond motifs is 1. The van der Waals surface area contributed by atoms with Gasteiger partial charge in [0.2, 0.25) is 21.8 Å². The third kappa shape index (κ3) is 7.62. The third-order valence-electron chi connectivity index (χ3n) is 6.81. The van der Waals surface area contributed by atoms with Crippen LogP contribution in [0.15, 0.2) is 91.0 Å². The molecule has 0 heterocycles. The van der Waals surface area contributed by atoms with Crippen molar-refractivity contribution in [1.82, 2.24) is 10.2 Å². The van der Waals surface area contributed by atoms with Crippen molar-refractivity contribution in [3.63, 3.8) is 0 Å². The number of amides is 2. The zero-order valence-corrected chi connectivity index (χ0v) is 26.0. The number of hydrogen-bond donors (Lipinski definition) is 1. The number of rotatable bonds is 11. The highest BCUT2D eigenvalue weighted by atomic mass is 35.5. The summed E-state index contributed by atoms with van der Waals surface area (Å²) < 4.78 is 27.4. The van der Waals surface area contributed by atoms with Crippen molar-refractivity contribution in [3.8, 4) is 0 Å². The molecule has 0 radical (unpaired) electrons. The first-order valence-corrected chi connectivity index (χ1v) is 16.1. The normalized spacial score (nSPS) is 12.2. The minimum atomic E-state index is -3.92. The van der Waals surface area contributed by atoms with Crippen LogP contribution in [-0.4, -0.2) is 50.0 Å². The van der Waals surface area contributed by atoms with E-state index in [0.717, 1.165) is 21.5 Å². The maximum atomic E-state index is 14.3. The maximum Gasteiger partial charge on any atom is 0.244 e. The molecular weight excluding hydrogens is 593 g/mol. The molecule has 4 rings (SSSR count). The van der Waals surface area contributed by atoms with Gasteiger partial charge in [0.1, 0.15) is 12.6 Å². The number of anilines is 1. The first-order chi connectivity index (χ1) is 20.0. The van der Waals surface area contributed by atoms with Crippen molar-refractivity contribution in [2.24, 2.45) is 0 Å². The summed E-state index contributed by atoms with van der Waals surface area (Å²) in [6, 6.07) is 25.8. The summed E-state index contributed by atoms with van der Waals surface area (Å²) in [5.74, 6) is -0.953. The summed E-state index contributed by atoms with van der Waals surface area (Å²) in [5, 5.41) is 5.09. The molecule has 0 aliphatic carbocycles. The first kappa shape index (κ1) is 31.3. The number of benzene rings is 4. The van der Waals surface area contributed by atoms with Crippen molar-refractivity contribution in [3.05, 3.63) is 112 Å². The average molecular weight is 627 g/mol. The van der Waals surface area contributed by atoms with E-state index >= 15 is 0 Å². The second-order valence-corrected chi connectivity index (χ2v) is 13.1. The molecular formula is C32H33Cl2N3O4S. The Bertz CT molecular complexity index is 1650. The van der Waals surface area contributed by atoms with Crippen molar-refractivity contribution >= 4 is 61.5 Å². The molecule has 0 aliphatic heterocycles. The number of hydrogen-bond acceptors (Lipinski definition) is 4. The van der Waals surface area contributed by atoms with E-state index in [4.69, 9.17) is 23.2 Å². The van der Waals surface area contributed by atoms with Gasteiger partial charge in [-0.15, -0.1) is 0 Å². The van der Waals surface area contributed by atoms with E-state index in [1.54, 1.807) is 30.3 Å². The van der Waals surface area contributed by atoms with Crippen LogP contribution in [0.5, 0.6) is 0 Å². The van der Waals surface area contributed by atoms with Gasteiger partial charge in [0.15, 0.2) is 0 Å². The lowest BCUT2D eigenvalue weighted by Gasteiger charge is -2.34. The highest BCUT2D eigenvalue weighted by molar-refractivity contribution is 7.92. The molecule has 0 saturated carbocycles. The summed E-state index contributed by atoms with van der Waals surface area (Å²) in [7, 11) is -3.92. The standard InChI is InChI=1S/C32H33Cl2N3O4S/c1-22(2)35-32(39)30(19-23-11-5-4-6-12-23)36(20-26-27(33)16-10-17-28(26)34)31(38)21-37(42(3,40)41)29-18-9-14-24-13-7-8-15-25(24)29/h4-18,22,30H,19-21H2,1-3H3,(H,35,39)/t30-/m1/s1. The number of nitrogens with zero attached hydrogens (tertiary/aromatic N) is 2. The number of carbonyl (C=O) groups excluding carboxylic acids is 2. The van der Waals surface area contributed by atoms with Crippen LogP contribution in [-0.2, 0) is 32.6 Å². The maximum absolute atomic E-state index is 14.3. The van der Waals surface area contributed by atoms with E-state index in [-0.39, 0.29) is 24.9 Å². The molecule has 4 aromatic rings. The Morgan fingerprint density at radius 2 is 1.43 bits per heavy atom. The van der Waals surface area contributed by atoms with Crippen molar-refractivity contribution in [2.45, 2.75) is 38.9 Å². The van der Waals surface area contributed by atoms with E-state index in [1.807, 2.05) is 74.5 Å². The molecule has 10 heteroatoms. The van der Waals surface area contributed by atoms with Crippen molar-refractivity contribution in [2.75, 3.05) is 17.1 Å². The van der Waals surface area contributed by atoms with Gasteiger partial charge in [-0.25, -0.2) is 8.42 Å². The quantitative estimate of drug-likeness (QED) is 0.219. The predicted octanol–water partition coefficient (Wildman–Crippen LogP) is 6.08. The molecule has 0 bridgehead atoms. The van der Waals surface area contributed by atoms with Gasteiger partial charge in [-0.1, -0.05) is 96.0 Å². The van der Waals surface area contributed by atoms with Gasteiger partial charge in [0, 0.05) is 40.0 Å². The first-order valence-electron chi connectivity index (χ1n) is 13.5. The third-order valence-corrected chi connectivity index (χ3v) is 8.64. The Kier molecular flexibility index (Phi) is 10.1. The van der Waals surface area contributed by atoms with Crippen LogP contribution >= 0.6 is 23.2 Å². The summed E-state index contributed by atoms with van der Waals surface area (Å²) >= 11 is 13.0. The number of carbonyl (C=O) groups is 2. The molecule has 0 aliphatic rings. The fourth-order valence-electron chi connectivity index (χ4n) is 4.81. The van der Waals surface area contributed by atoms with Gasteiger partial charge in [0.25, 0.3) is 0 Å². The van der Waals surface area contributed by atoms with E-state index in [9.17, 15) is 18.0 Å². The molecule has 0 aromatic heterocycles. The lowest BCUT2D eigenvalue weighted by atomic mass is 10.0.